The van der Waals surface area contributed by atoms with Gasteiger partial charge in [0.25, 0.3) is 0 Å². The number of ketones is 4. The van der Waals surface area contributed by atoms with E-state index in [0.717, 1.165) is 6.92 Å². The number of hydrogen-bond acceptors (Lipinski definition) is 8. The van der Waals surface area contributed by atoms with E-state index in [4.69, 9.17) is 0 Å². The highest BCUT2D eigenvalue weighted by atomic mass is 16.3. The first-order valence-electron chi connectivity index (χ1n) is 14.0. The van der Waals surface area contributed by atoms with Crippen LogP contribution in [0.4, 0.5) is 0 Å². The van der Waals surface area contributed by atoms with Gasteiger partial charge in [0, 0.05) is 28.7 Å². The van der Waals surface area contributed by atoms with E-state index in [1.165, 1.54) is 12.1 Å². The van der Waals surface area contributed by atoms with Crippen LogP contribution in [0.2, 0.25) is 0 Å². The van der Waals surface area contributed by atoms with E-state index < -0.39 is 56.8 Å². The van der Waals surface area contributed by atoms with Crippen LogP contribution in [0.15, 0.2) is 40.9 Å². The Morgan fingerprint density at radius 3 is 2.24 bits per heavy atom. The van der Waals surface area contributed by atoms with Gasteiger partial charge in [-0.25, -0.2) is 0 Å². The fourth-order valence-electron chi connectivity index (χ4n) is 7.68. The van der Waals surface area contributed by atoms with E-state index in [9.17, 15) is 39.6 Å². The zero-order valence-electron chi connectivity index (χ0n) is 25.0. The monoisotopic (exact) mass is 564 g/mol. The number of hydrogen-bond donors (Lipinski definition) is 4. The average molecular weight is 565 g/mol. The van der Waals surface area contributed by atoms with Crippen molar-refractivity contribution >= 4 is 29.2 Å². The molecule has 0 aromatic heterocycles. The first kappa shape index (κ1) is 30.4. The van der Waals surface area contributed by atoms with Gasteiger partial charge in [0.2, 0.25) is 5.78 Å². The second-order valence-electron chi connectivity index (χ2n) is 14.0. The van der Waals surface area contributed by atoms with Gasteiger partial charge in [-0.1, -0.05) is 60.6 Å². The van der Waals surface area contributed by atoms with Crippen molar-refractivity contribution in [2.75, 3.05) is 0 Å². The molecule has 0 heterocycles. The quantitative estimate of drug-likeness (QED) is 0.276. The molecule has 0 saturated carbocycles. The predicted molar refractivity (Wildman–Crippen MR) is 153 cm³/mol. The molecule has 0 amide bonds. The predicted octanol–water partition coefficient (Wildman–Crippen LogP) is 5.37. The maximum absolute atomic E-state index is 14.1. The van der Waals surface area contributed by atoms with Crippen LogP contribution in [0.5, 0.6) is 5.75 Å². The molecule has 1 aromatic carbocycles. The van der Waals surface area contributed by atoms with Gasteiger partial charge >= 0.3 is 0 Å². The Hall–Kier alpha value is -3.52. The number of allylic oxidation sites excluding steroid dienone is 3. The number of aliphatic hydroxyl groups is 3. The van der Waals surface area contributed by atoms with Crippen LogP contribution in [0, 0.1) is 28.1 Å². The third-order valence-corrected chi connectivity index (χ3v) is 9.08. The van der Waals surface area contributed by atoms with Gasteiger partial charge in [0.15, 0.2) is 23.0 Å². The lowest BCUT2D eigenvalue weighted by molar-refractivity contribution is -0.171. The molecule has 8 nitrogen and oxygen atoms in total. The number of carbonyl (C=O) groups is 4. The average Bonchev–Trinajstić information content (AvgIpc) is 2.79. The molecular weight excluding hydrogens is 524 g/mol. The SMILES string of the molecule is CC(=O)C1=C(O)C(C(C)C)[C@@]2(C)C[C@@]3(C)Cc4c(/C=C/C(=O)CC(C)(C)C)ccc(O)c4C(=O)C3=C(O)[C@@]2(O)C1=O. The van der Waals surface area contributed by atoms with E-state index in [1.807, 2.05) is 20.8 Å². The zero-order valence-corrected chi connectivity index (χ0v) is 25.0. The van der Waals surface area contributed by atoms with Crippen LogP contribution in [0.1, 0.15) is 89.7 Å². The summed E-state index contributed by atoms with van der Waals surface area (Å²) in [6, 6.07) is 2.96. The molecule has 8 heteroatoms. The highest BCUT2D eigenvalue weighted by Gasteiger charge is 2.71. The van der Waals surface area contributed by atoms with Crippen molar-refractivity contribution < 1.29 is 39.6 Å². The number of benzene rings is 1. The van der Waals surface area contributed by atoms with Crippen molar-refractivity contribution in [2.24, 2.45) is 28.1 Å². The number of carbonyl (C=O) groups excluding carboxylic acids is 4. The van der Waals surface area contributed by atoms with E-state index in [-0.39, 0.29) is 46.8 Å². The van der Waals surface area contributed by atoms with Gasteiger partial charge in [0.05, 0.1) is 5.56 Å². The molecule has 4 rings (SSSR count). The molecule has 0 bridgehead atoms. The second-order valence-corrected chi connectivity index (χ2v) is 14.0. The van der Waals surface area contributed by atoms with Crippen LogP contribution in [-0.4, -0.2) is 49.2 Å². The van der Waals surface area contributed by atoms with Crippen molar-refractivity contribution in [3.05, 3.63) is 57.6 Å². The molecule has 0 spiro atoms. The maximum Gasteiger partial charge on any atom is 0.209 e. The largest absolute Gasteiger partial charge is 0.511 e. The third kappa shape index (κ3) is 4.38. The lowest BCUT2D eigenvalue weighted by atomic mass is 9.44. The van der Waals surface area contributed by atoms with Gasteiger partial charge in [-0.05, 0) is 54.4 Å². The number of fused-ring (bicyclic) bond motifs is 3. The highest BCUT2D eigenvalue weighted by molar-refractivity contribution is 6.25. The second kappa shape index (κ2) is 9.51. The number of phenolic OH excluding ortho intramolecular Hbond substituents is 1. The fourth-order valence-corrected chi connectivity index (χ4v) is 7.68. The number of phenols is 1. The van der Waals surface area contributed by atoms with Crippen molar-refractivity contribution in [1.82, 2.24) is 0 Å². The van der Waals surface area contributed by atoms with Crippen molar-refractivity contribution in [1.29, 1.82) is 0 Å². The Labute approximate surface area is 240 Å². The van der Waals surface area contributed by atoms with Gasteiger partial charge in [-0.3, -0.25) is 19.2 Å². The first-order chi connectivity index (χ1) is 18.7. The Kier molecular flexibility index (Phi) is 7.06. The molecule has 0 saturated heterocycles. The summed E-state index contributed by atoms with van der Waals surface area (Å²) in [7, 11) is 0. The van der Waals surface area contributed by atoms with E-state index in [1.54, 1.807) is 39.8 Å². The van der Waals surface area contributed by atoms with Crippen LogP contribution >= 0.6 is 0 Å². The maximum atomic E-state index is 14.1. The molecule has 3 aliphatic rings. The van der Waals surface area contributed by atoms with Gasteiger partial charge in [0.1, 0.15) is 22.8 Å². The van der Waals surface area contributed by atoms with Crippen LogP contribution in [0.25, 0.3) is 6.08 Å². The normalized spacial score (nSPS) is 30.0. The summed E-state index contributed by atoms with van der Waals surface area (Å²) in [4.78, 5) is 52.9. The molecule has 1 aromatic rings. The Morgan fingerprint density at radius 1 is 1.10 bits per heavy atom. The minimum atomic E-state index is -2.65. The molecule has 0 fully saturated rings. The lowest BCUT2D eigenvalue weighted by Crippen LogP contribution is -2.67. The van der Waals surface area contributed by atoms with E-state index in [0.29, 0.717) is 17.5 Å². The topological polar surface area (TPSA) is 149 Å². The summed E-state index contributed by atoms with van der Waals surface area (Å²) in [5, 5.41) is 45.8. The first-order valence-corrected chi connectivity index (χ1v) is 14.0. The van der Waals surface area contributed by atoms with Crippen LogP contribution < -0.4 is 0 Å². The number of Topliss-reactive ketones (excluding diaryl/α,β-unsaturated/α-hetero) is 3. The minimum Gasteiger partial charge on any atom is -0.511 e. The van der Waals surface area contributed by atoms with Crippen molar-refractivity contribution in [3.8, 4) is 5.75 Å². The molecule has 0 aliphatic heterocycles. The summed E-state index contributed by atoms with van der Waals surface area (Å²) in [6.07, 6.45) is 3.54. The summed E-state index contributed by atoms with van der Waals surface area (Å²) in [6.45, 7) is 13.9. The summed E-state index contributed by atoms with van der Waals surface area (Å²) < 4.78 is 0. The third-order valence-electron chi connectivity index (χ3n) is 9.08. The molecule has 220 valence electrons. The lowest BCUT2D eigenvalue weighted by Gasteiger charge is -2.59. The molecule has 0 radical (unpaired) electrons. The van der Waals surface area contributed by atoms with Gasteiger partial charge < -0.3 is 20.4 Å². The van der Waals surface area contributed by atoms with Crippen molar-refractivity contribution in [3.63, 3.8) is 0 Å². The Bertz CT molecular complexity index is 1480. The summed E-state index contributed by atoms with van der Waals surface area (Å²) >= 11 is 0. The molecular formula is C33H40O8. The number of aromatic hydroxyl groups is 1. The Balaban J connectivity index is 1.95. The van der Waals surface area contributed by atoms with Gasteiger partial charge in [-0.2, -0.15) is 0 Å². The molecule has 3 aliphatic carbocycles. The van der Waals surface area contributed by atoms with Crippen LogP contribution in [0.3, 0.4) is 0 Å². The molecule has 1 unspecified atom stereocenters. The van der Waals surface area contributed by atoms with Crippen molar-refractivity contribution in [2.45, 2.75) is 80.3 Å². The molecule has 41 heavy (non-hydrogen) atoms. The standard InChI is InChI=1S/C33H40O8/c1-16(2)24-26(37)22(17(3)34)28(39)33(41)29(40)25-27(38)23-20(14-31(25,7)15-32(24,33)8)18(10-12-21(23)36)9-11-19(35)13-30(4,5)6/h9-12,16,24,36-37,40-41H,13-15H2,1-8H3/b11-9+/t24?,31-,32-,33+/m1/s1. The molecule has 4 N–H and O–H groups in total. The smallest absolute Gasteiger partial charge is 0.209 e. The number of aliphatic hydroxyl groups excluding tert-OH is 2. The minimum absolute atomic E-state index is 0.00662. The van der Waals surface area contributed by atoms with E-state index >= 15 is 0 Å². The number of rotatable bonds is 5. The summed E-state index contributed by atoms with van der Waals surface area (Å²) in [5.41, 5.74) is -5.30. The summed E-state index contributed by atoms with van der Waals surface area (Å²) in [5.74, 6) is -5.59. The zero-order chi connectivity index (χ0) is 31.0. The molecule has 4 atom stereocenters. The highest BCUT2D eigenvalue weighted by Crippen LogP contribution is 2.65. The van der Waals surface area contributed by atoms with Crippen LogP contribution in [-0.2, 0) is 20.8 Å². The van der Waals surface area contributed by atoms with Gasteiger partial charge in [-0.15, -0.1) is 0 Å². The Morgan fingerprint density at radius 2 is 1.71 bits per heavy atom. The van der Waals surface area contributed by atoms with E-state index in [2.05, 4.69) is 0 Å². The fraction of sp³-hybridized carbons (Fsp3) is 0.515.